The summed E-state index contributed by atoms with van der Waals surface area (Å²) in [5.74, 6) is -0.640. The molecule has 1 aliphatic heterocycles. The topological polar surface area (TPSA) is 44.8 Å². The minimum absolute atomic E-state index is 0.254. The molecule has 5 heteroatoms. The van der Waals surface area contributed by atoms with Gasteiger partial charge in [0.1, 0.15) is 6.61 Å². The Morgan fingerprint density at radius 3 is 2.71 bits per heavy atom. The van der Waals surface area contributed by atoms with Crippen LogP contribution in [-0.2, 0) is 14.2 Å². The normalized spacial score (nSPS) is 27.7. The summed E-state index contributed by atoms with van der Waals surface area (Å²) < 4.78 is 15.6. The van der Waals surface area contributed by atoms with E-state index in [0.717, 1.165) is 0 Å². The second-order valence-corrected chi connectivity index (χ2v) is 4.06. The van der Waals surface area contributed by atoms with Gasteiger partial charge in [-0.05, 0) is 5.92 Å². The van der Waals surface area contributed by atoms with Gasteiger partial charge in [0.05, 0.1) is 13.2 Å². The lowest BCUT2D eigenvalue weighted by Gasteiger charge is -2.36. The van der Waals surface area contributed by atoms with Crippen LogP contribution in [0.25, 0.3) is 0 Å². The Labute approximate surface area is 88.5 Å². The SMILES string of the molecule is CC(C)CC1(OC(=O)Cl)COCCO1. The fourth-order valence-corrected chi connectivity index (χ4v) is 1.68. The zero-order valence-corrected chi connectivity index (χ0v) is 9.17. The molecular weight excluding hydrogens is 208 g/mol. The van der Waals surface area contributed by atoms with E-state index in [1.807, 2.05) is 13.8 Å². The van der Waals surface area contributed by atoms with Gasteiger partial charge in [-0.3, -0.25) is 0 Å². The maximum atomic E-state index is 10.7. The Morgan fingerprint density at radius 1 is 1.57 bits per heavy atom. The molecule has 0 aliphatic carbocycles. The molecule has 1 unspecified atom stereocenters. The van der Waals surface area contributed by atoms with Gasteiger partial charge in [-0.2, -0.15) is 0 Å². The van der Waals surface area contributed by atoms with Gasteiger partial charge in [0.25, 0.3) is 0 Å². The Hall–Kier alpha value is -0.320. The van der Waals surface area contributed by atoms with E-state index in [4.69, 9.17) is 25.8 Å². The Morgan fingerprint density at radius 2 is 2.29 bits per heavy atom. The van der Waals surface area contributed by atoms with E-state index < -0.39 is 11.2 Å². The molecule has 1 aliphatic rings. The summed E-state index contributed by atoms with van der Waals surface area (Å²) in [6.07, 6.45) is 0.589. The van der Waals surface area contributed by atoms with Crippen molar-refractivity contribution in [2.75, 3.05) is 19.8 Å². The first-order valence-corrected chi connectivity index (χ1v) is 5.02. The molecule has 0 aromatic heterocycles. The molecule has 0 aromatic rings. The van der Waals surface area contributed by atoms with Gasteiger partial charge in [0.15, 0.2) is 0 Å². The number of carbonyl (C=O) groups is 1. The first-order chi connectivity index (χ1) is 6.54. The molecule has 0 bridgehead atoms. The van der Waals surface area contributed by atoms with Crippen LogP contribution < -0.4 is 0 Å². The summed E-state index contributed by atoms with van der Waals surface area (Å²) in [5, 5.41) is 0. The number of halogens is 1. The van der Waals surface area contributed by atoms with E-state index in [1.54, 1.807) is 0 Å². The van der Waals surface area contributed by atoms with Gasteiger partial charge in [-0.25, -0.2) is 4.79 Å². The van der Waals surface area contributed by atoms with E-state index in [2.05, 4.69) is 0 Å². The third-order valence-corrected chi connectivity index (χ3v) is 1.98. The summed E-state index contributed by atoms with van der Waals surface area (Å²) in [4.78, 5) is 10.7. The predicted molar refractivity (Wildman–Crippen MR) is 51.3 cm³/mol. The van der Waals surface area contributed by atoms with E-state index in [0.29, 0.717) is 25.6 Å². The van der Waals surface area contributed by atoms with Gasteiger partial charge >= 0.3 is 5.43 Å². The van der Waals surface area contributed by atoms with Crippen LogP contribution in [0.5, 0.6) is 0 Å². The van der Waals surface area contributed by atoms with Crippen molar-refractivity contribution in [2.45, 2.75) is 26.1 Å². The number of hydrogen-bond acceptors (Lipinski definition) is 4. The highest BCUT2D eigenvalue weighted by molar-refractivity contribution is 6.61. The zero-order valence-electron chi connectivity index (χ0n) is 8.42. The number of ether oxygens (including phenoxy) is 3. The van der Waals surface area contributed by atoms with Crippen LogP contribution in [-0.4, -0.2) is 31.0 Å². The predicted octanol–water partition coefficient (Wildman–Crippen LogP) is 2.15. The van der Waals surface area contributed by atoms with E-state index >= 15 is 0 Å². The average Bonchev–Trinajstić information content (AvgIpc) is 2.01. The van der Waals surface area contributed by atoms with Crippen molar-refractivity contribution in [2.24, 2.45) is 5.92 Å². The van der Waals surface area contributed by atoms with Crippen LogP contribution in [0.15, 0.2) is 0 Å². The van der Waals surface area contributed by atoms with E-state index in [9.17, 15) is 4.79 Å². The first kappa shape index (κ1) is 11.8. The molecule has 1 saturated heterocycles. The Kier molecular flexibility index (Phi) is 4.16. The molecule has 14 heavy (non-hydrogen) atoms. The van der Waals surface area contributed by atoms with Crippen LogP contribution in [0.2, 0.25) is 0 Å². The van der Waals surface area contributed by atoms with E-state index in [-0.39, 0.29) is 6.61 Å². The molecule has 4 nitrogen and oxygen atoms in total. The molecule has 1 heterocycles. The molecule has 0 saturated carbocycles. The maximum absolute atomic E-state index is 10.7. The zero-order chi connectivity index (χ0) is 10.6. The van der Waals surface area contributed by atoms with Crippen LogP contribution in [0.3, 0.4) is 0 Å². The Balaban J connectivity index is 2.61. The minimum Gasteiger partial charge on any atom is -0.418 e. The van der Waals surface area contributed by atoms with Gasteiger partial charge in [0.2, 0.25) is 5.79 Å². The third kappa shape index (κ3) is 3.44. The molecular formula is C9H15ClO4. The summed E-state index contributed by atoms with van der Waals surface area (Å²) in [6.45, 7) is 5.24. The third-order valence-electron chi connectivity index (χ3n) is 1.90. The molecule has 1 rings (SSSR count). The lowest BCUT2D eigenvalue weighted by atomic mass is 10.0. The largest absolute Gasteiger partial charge is 0.418 e. The molecule has 0 radical (unpaired) electrons. The van der Waals surface area contributed by atoms with Crippen LogP contribution in [0, 0.1) is 5.92 Å². The quantitative estimate of drug-likeness (QED) is 0.687. The first-order valence-electron chi connectivity index (χ1n) is 4.64. The molecule has 0 N–H and O–H groups in total. The molecule has 82 valence electrons. The molecule has 0 spiro atoms. The van der Waals surface area contributed by atoms with E-state index in [1.165, 1.54) is 0 Å². The minimum atomic E-state index is -0.981. The van der Waals surface area contributed by atoms with Gasteiger partial charge < -0.3 is 14.2 Å². The van der Waals surface area contributed by atoms with Crippen molar-refractivity contribution in [3.8, 4) is 0 Å². The number of hydrogen-bond donors (Lipinski definition) is 0. The fourth-order valence-electron chi connectivity index (χ4n) is 1.54. The van der Waals surface area contributed by atoms with Crippen LogP contribution in [0.4, 0.5) is 4.79 Å². The van der Waals surface area contributed by atoms with Crippen molar-refractivity contribution in [1.29, 1.82) is 0 Å². The van der Waals surface area contributed by atoms with Crippen LogP contribution in [0.1, 0.15) is 20.3 Å². The maximum Gasteiger partial charge on any atom is 0.406 e. The Bertz CT molecular complexity index is 199. The summed E-state index contributed by atoms with van der Waals surface area (Å²) in [5.41, 5.74) is -0.851. The molecule has 1 fully saturated rings. The lowest BCUT2D eigenvalue weighted by Crippen LogP contribution is -2.47. The fraction of sp³-hybridized carbons (Fsp3) is 0.889. The van der Waals surface area contributed by atoms with Crippen molar-refractivity contribution < 1.29 is 19.0 Å². The van der Waals surface area contributed by atoms with Gasteiger partial charge in [0, 0.05) is 18.0 Å². The standard InChI is InChI=1S/C9H15ClO4/c1-7(2)5-9(14-8(10)11)6-12-3-4-13-9/h7H,3-6H2,1-2H3. The summed E-state index contributed by atoms with van der Waals surface area (Å²) in [7, 11) is 0. The van der Waals surface area contributed by atoms with Gasteiger partial charge in [-0.15, -0.1) is 0 Å². The highest BCUT2D eigenvalue weighted by Crippen LogP contribution is 2.27. The summed E-state index contributed by atoms with van der Waals surface area (Å²) in [6, 6.07) is 0. The molecule has 1 atom stereocenters. The second kappa shape index (κ2) is 4.96. The van der Waals surface area contributed by atoms with Crippen LogP contribution >= 0.6 is 11.6 Å². The highest BCUT2D eigenvalue weighted by atomic mass is 35.5. The molecule has 0 aromatic carbocycles. The highest BCUT2D eigenvalue weighted by Gasteiger charge is 2.38. The van der Waals surface area contributed by atoms with Crippen molar-refractivity contribution in [3.63, 3.8) is 0 Å². The molecule has 0 amide bonds. The smallest absolute Gasteiger partial charge is 0.406 e. The lowest BCUT2D eigenvalue weighted by molar-refractivity contribution is -0.269. The van der Waals surface area contributed by atoms with Gasteiger partial charge in [-0.1, -0.05) is 13.8 Å². The van der Waals surface area contributed by atoms with Crippen molar-refractivity contribution in [1.82, 2.24) is 0 Å². The number of rotatable bonds is 3. The monoisotopic (exact) mass is 222 g/mol. The van der Waals surface area contributed by atoms with Crippen molar-refractivity contribution in [3.05, 3.63) is 0 Å². The van der Waals surface area contributed by atoms with Crippen molar-refractivity contribution >= 4 is 17.0 Å². The summed E-state index contributed by atoms with van der Waals surface area (Å²) >= 11 is 5.19. The average molecular weight is 223 g/mol. The second-order valence-electron chi connectivity index (χ2n) is 3.75. The number of carbonyl (C=O) groups excluding carboxylic acids is 1.